The third kappa shape index (κ3) is 2.65. The summed E-state index contributed by atoms with van der Waals surface area (Å²) in [7, 11) is 0. The molecule has 2 N–H and O–H groups in total. The minimum absolute atomic E-state index is 0.284. The largest absolute Gasteiger partial charge is 0.389 e. The first-order valence-corrected chi connectivity index (χ1v) is 7.29. The highest BCUT2D eigenvalue weighted by Gasteiger charge is 2.12. The first-order chi connectivity index (χ1) is 10.6. The molecule has 0 aliphatic heterocycles. The SMILES string of the molecule is CC(O)c1cccc(Nc2ncnc3c2ncn3C(C)C)c1. The van der Waals surface area contributed by atoms with E-state index in [4.69, 9.17) is 0 Å². The van der Waals surface area contributed by atoms with Crippen LogP contribution in [0, 0.1) is 0 Å². The van der Waals surface area contributed by atoms with Crippen LogP contribution in [0.3, 0.4) is 0 Å². The number of aliphatic hydroxyl groups excluding tert-OH is 1. The Morgan fingerprint density at radius 3 is 2.68 bits per heavy atom. The van der Waals surface area contributed by atoms with Gasteiger partial charge in [0.15, 0.2) is 17.0 Å². The molecular formula is C16H19N5O. The Bertz CT molecular complexity index is 794. The van der Waals surface area contributed by atoms with E-state index in [-0.39, 0.29) is 6.04 Å². The quantitative estimate of drug-likeness (QED) is 0.773. The molecule has 6 heteroatoms. The summed E-state index contributed by atoms with van der Waals surface area (Å²) in [5.74, 6) is 0.659. The molecule has 2 heterocycles. The van der Waals surface area contributed by atoms with Crippen molar-refractivity contribution >= 4 is 22.7 Å². The highest BCUT2D eigenvalue weighted by Crippen LogP contribution is 2.25. The average Bonchev–Trinajstić information content (AvgIpc) is 2.93. The molecule has 6 nitrogen and oxygen atoms in total. The molecule has 0 aliphatic carbocycles. The second-order valence-electron chi connectivity index (χ2n) is 5.57. The lowest BCUT2D eigenvalue weighted by molar-refractivity contribution is 0.199. The third-order valence-corrected chi connectivity index (χ3v) is 3.55. The molecule has 0 fully saturated rings. The molecule has 0 spiro atoms. The van der Waals surface area contributed by atoms with Crippen molar-refractivity contribution in [3.63, 3.8) is 0 Å². The Morgan fingerprint density at radius 2 is 1.95 bits per heavy atom. The molecule has 0 aliphatic rings. The van der Waals surface area contributed by atoms with Gasteiger partial charge in [-0.15, -0.1) is 0 Å². The van der Waals surface area contributed by atoms with E-state index in [0.717, 1.165) is 22.4 Å². The first kappa shape index (κ1) is 14.5. The summed E-state index contributed by atoms with van der Waals surface area (Å²) >= 11 is 0. The van der Waals surface area contributed by atoms with E-state index in [2.05, 4.69) is 34.1 Å². The number of anilines is 2. The summed E-state index contributed by atoms with van der Waals surface area (Å²) in [5.41, 5.74) is 3.25. The van der Waals surface area contributed by atoms with Crippen LogP contribution in [0.15, 0.2) is 36.9 Å². The normalized spacial score (nSPS) is 12.8. The van der Waals surface area contributed by atoms with E-state index in [9.17, 15) is 5.11 Å². The van der Waals surface area contributed by atoms with Gasteiger partial charge in [-0.1, -0.05) is 12.1 Å². The number of rotatable bonds is 4. The van der Waals surface area contributed by atoms with Crippen molar-refractivity contribution in [3.8, 4) is 0 Å². The number of hydrogen-bond donors (Lipinski definition) is 2. The molecule has 1 aromatic carbocycles. The summed E-state index contributed by atoms with van der Waals surface area (Å²) in [6.45, 7) is 5.91. The molecule has 1 unspecified atom stereocenters. The average molecular weight is 297 g/mol. The van der Waals surface area contributed by atoms with Crippen LogP contribution >= 0.6 is 0 Å². The van der Waals surface area contributed by atoms with Gasteiger partial charge in [-0.05, 0) is 38.5 Å². The van der Waals surface area contributed by atoms with E-state index in [1.54, 1.807) is 13.3 Å². The van der Waals surface area contributed by atoms with E-state index in [1.807, 2.05) is 28.8 Å². The molecule has 0 radical (unpaired) electrons. The Morgan fingerprint density at radius 1 is 1.14 bits per heavy atom. The van der Waals surface area contributed by atoms with Gasteiger partial charge >= 0.3 is 0 Å². The van der Waals surface area contributed by atoms with E-state index in [1.165, 1.54) is 6.33 Å². The maximum absolute atomic E-state index is 9.68. The number of benzene rings is 1. The van der Waals surface area contributed by atoms with Crippen LogP contribution in [-0.2, 0) is 0 Å². The molecule has 0 amide bonds. The number of hydrogen-bond acceptors (Lipinski definition) is 5. The molecule has 3 rings (SSSR count). The second-order valence-corrected chi connectivity index (χ2v) is 5.57. The molecular weight excluding hydrogens is 278 g/mol. The molecule has 22 heavy (non-hydrogen) atoms. The molecule has 0 bridgehead atoms. The van der Waals surface area contributed by atoms with Crippen LogP contribution in [0.25, 0.3) is 11.2 Å². The summed E-state index contributed by atoms with van der Waals surface area (Å²) < 4.78 is 2.01. The summed E-state index contributed by atoms with van der Waals surface area (Å²) in [6.07, 6.45) is 2.80. The molecule has 1 atom stereocenters. The highest BCUT2D eigenvalue weighted by atomic mass is 16.3. The van der Waals surface area contributed by atoms with Crippen LogP contribution < -0.4 is 5.32 Å². The van der Waals surface area contributed by atoms with Crippen molar-refractivity contribution < 1.29 is 5.11 Å². The van der Waals surface area contributed by atoms with Gasteiger partial charge in [0.1, 0.15) is 6.33 Å². The number of nitrogens with zero attached hydrogens (tertiary/aromatic N) is 4. The number of nitrogens with one attached hydrogen (secondary N) is 1. The molecule has 114 valence electrons. The lowest BCUT2D eigenvalue weighted by atomic mass is 10.1. The van der Waals surface area contributed by atoms with Crippen LogP contribution in [0.2, 0.25) is 0 Å². The van der Waals surface area contributed by atoms with Crippen molar-refractivity contribution in [3.05, 3.63) is 42.5 Å². The molecule has 0 saturated carbocycles. The number of imidazole rings is 1. The van der Waals surface area contributed by atoms with Gasteiger partial charge in [-0.25, -0.2) is 15.0 Å². The maximum atomic E-state index is 9.68. The van der Waals surface area contributed by atoms with Gasteiger partial charge < -0.3 is 15.0 Å². The van der Waals surface area contributed by atoms with Gasteiger partial charge in [-0.3, -0.25) is 0 Å². The Kier molecular flexibility index (Phi) is 3.77. The van der Waals surface area contributed by atoms with Gasteiger partial charge in [-0.2, -0.15) is 0 Å². The van der Waals surface area contributed by atoms with Crippen LogP contribution in [0.4, 0.5) is 11.5 Å². The number of aliphatic hydroxyl groups is 1. The summed E-state index contributed by atoms with van der Waals surface area (Å²) in [6, 6.07) is 7.90. The van der Waals surface area contributed by atoms with E-state index >= 15 is 0 Å². The predicted octanol–water partition coefficient (Wildman–Crippen LogP) is 3.20. The smallest absolute Gasteiger partial charge is 0.165 e. The van der Waals surface area contributed by atoms with E-state index in [0.29, 0.717) is 5.82 Å². The lowest BCUT2D eigenvalue weighted by Gasteiger charge is -2.10. The lowest BCUT2D eigenvalue weighted by Crippen LogP contribution is -2.01. The maximum Gasteiger partial charge on any atom is 0.165 e. The van der Waals surface area contributed by atoms with Crippen molar-refractivity contribution in [1.82, 2.24) is 19.5 Å². The van der Waals surface area contributed by atoms with Crippen molar-refractivity contribution in [1.29, 1.82) is 0 Å². The Labute approximate surface area is 128 Å². The van der Waals surface area contributed by atoms with Crippen molar-refractivity contribution in [2.45, 2.75) is 32.9 Å². The fourth-order valence-electron chi connectivity index (χ4n) is 2.33. The Hall–Kier alpha value is -2.47. The van der Waals surface area contributed by atoms with Gasteiger partial charge in [0.25, 0.3) is 0 Å². The zero-order valence-electron chi connectivity index (χ0n) is 12.9. The zero-order valence-corrected chi connectivity index (χ0v) is 12.9. The summed E-state index contributed by atoms with van der Waals surface area (Å²) in [5, 5.41) is 12.9. The Balaban J connectivity index is 1.99. The zero-order chi connectivity index (χ0) is 15.7. The standard InChI is InChI=1S/C16H19N5O/c1-10(2)21-9-19-14-15(17-8-18-16(14)21)20-13-6-4-5-12(7-13)11(3)22/h4-11,22H,1-3H3,(H,17,18,20). The van der Waals surface area contributed by atoms with Crippen molar-refractivity contribution in [2.75, 3.05) is 5.32 Å². The second kappa shape index (κ2) is 5.73. The first-order valence-electron chi connectivity index (χ1n) is 7.29. The fraction of sp³-hybridized carbons (Fsp3) is 0.312. The van der Waals surface area contributed by atoms with Gasteiger partial charge in [0, 0.05) is 11.7 Å². The summed E-state index contributed by atoms with van der Waals surface area (Å²) in [4.78, 5) is 13.0. The third-order valence-electron chi connectivity index (χ3n) is 3.55. The monoisotopic (exact) mass is 297 g/mol. The topological polar surface area (TPSA) is 75.9 Å². The fourth-order valence-corrected chi connectivity index (χ4v) is 2.33. The van der Waals surface area contributed by atoms with Crippen LogP contribution in [0.5, 0.6) is 0 Å². The van der Waals surface area contributed by atoms with Crippen molar-refractivity contribution in [2.24, 2.45) is 0 Å². The minimum atomic E-state index is -0.507. The minimum Gasteiger partial charge on any atom is -0.389 e. The van der Waals surface area contributed by atoms with Crippen LogP contribution in [-0.4, -0.2) is 24.6 Å². The van der Waals surface area contributed by atoms with Crippen LogP contribution in [0.1, 0.15) is 38.5 Å². The van der Waals surface area contributed by atoms with E-state index < -0.39 is 6.10 Å². The van der Waals surface area contributed by atoms with Gasteiger partial charge in [0.2, 0.25) is 0 Å². The molecule has 3 aromatic rings. The number of fused-ring (bicyclic) bond motifs is 1. The molecule has 2 aromatic heterocycles. The molecule has 0 saturated heterocycles. The predicted molar refractivity (Wildman–Crippen MR) is 86.1 cm³/mol. The number of aromatic nitrogens is 4. The highest BCUT2D eigenvalue weighted by molar-refractivity contribution is 5.85. The van der Waals surface area contributed by atoms with Gasteiger partial charge in [0.05, 0.1) is 12.4 Å².